The number of carbonyl (C=O) groups is 1. The van der Waals surface area contributed by atoms with Crippen molar-refractivity contribution in [1.82, 2.24) is 9.38 Å². The Kier molecular flexibility index (Phi) is 3.86. The number of fused-ring (bicyclic) bond motifs is 1. The lowest BCUT2D eigenvalue weighted by Crippen LogP contribution is -2.17. The van der Waals surface area contributed by atoms with Crippen LogP contribution in [0.25, 0.3) is 5.65 Å². The van der Waals surface area contributed by atoms with Crippen molar-refractivity contribution in [3.63, 3.8) is 0 Å². The van der Waals surface area contributed by atoms with Crippen LogP contribution in [0.1, 0.15) is 34.2 Å². The largest absolute Gasteiger partial charge is 0.320 e. The number of imidazole rings is 1. The fraction of sp³-hybridized carbons (Fsp3) is 0.222. The van der Waals surface area contributed by atoms with E-state index in [2.05, 4.69) is 10.3 Å². The Morgan fingerprint density at radius 2 is 2.04 bits per heavy atom. The number of amides is 1. The number of aryl methyl sites for hydroxylation is 2. The highest BCUT2D eigenvalue weighted by atomic mass is 19.1. The summed E-state index contributed by atoms with van der Waals surface area (Å²) in [6.45, 7) is 5.87. The molecule has 0 fully saturated rings. The lowest BCUT2D eigenvalue weighted by molar-refractivity contribution is 0.102. The quantitative estimate of drug-likeness (QED) is 0.797. The molecule has 23 heavy (non-hydrogen) atoms. The van der Waals surface area contributed by atoms with Crippen molar-refractivity contribution in [3.05, 3.63) is 64.9 Å². The van der Waals surface area contributed by atoms with Crippen LogP contribution in [-0.2, 0) is 6.42 Å². The summed E-state index contributed by atoms with van der Waals surface area (Å²) in [5.74, 6) is -0.688. The van der Waals surface area contributed by atoms with Crippen LogP contribution in [0.5, 0.6) is 0 Å². The van der Waals surface area contributed by atoms with Crippen molar-refractivity contribution in [2.24, 2.45) is 0 Å². The third kappa shape index (κ3) is 2.70. The van der Waals surface area contributed by atoms with Gasteiger partial charge in [0.25, 0.3) is 5.91 Å². The second-order valence-electron chi connectivity index (χ2n) is 5.54. The second kappa shape index (κ2) is 5.83. The molecule has 0 aliphatic carbocycles. The summed E-state index contributed by atoms with van der Waals surface area (Å²) in [6, 6.07) is 8.66. The number of anilines is 1. The van der Waals surface area contributed by atoms with Crippen LogP contribution < -0.4 is 5.32 Å². The number of nitrogens with one attached hydrogen (secondary N) is 1. The van der Waals surface area contributed by atoms with E-state index in [1.165, 1.54) is 16.7 Å². The smallest absolute Gasteiger partial charge is 0.274 e. The molecular formula is C18H18FN3O. The molecule has 1 aromatic carbocycles. The summed E-state index contributed by atoms with van der Waals surface area (Å²) in [7, 11) is 0. The van der Waals surface area contributed by atoms with E-state index in [1.807, 2.05) is 39.0 Å². The summed E-state index contributed by atoms with van der Waals surface area (Å²) in [4.78, 5) is 17.2. The Hall–Kier alpha value is -2.69. The molecule has 1 N–H and O–H groups in total. The van der Waals surface area contributed by atoms with Crippen molar-refractivity contribution in [3.8, 4) is 0 Å². The highest BCUT2D eigenvalue weighted by molar-refractivity contribution is 6.05. The first-order valence-corrected chi connectivity index (χ1v) is 7.55. The first kappa shape index (κ1) is 15.2. The van der Waals surface area contributed by atoms with E-state index in [0.717, 1.165) is 16.8 Å². The van der Waals surface area contributed by atoms with E-state index in [9.17, 15) is 9.18 Å². The number of carbonyl (C=O) groups excluding carboxylic acids is 1. The minimum absolute atomic E-state index is 0.284. The van der Waals surface area contributed by atoms with Crippen LogP contribution >= 0.6 is 0 Å². The lowest BCUT2D eigenvalue weighted by Gasteiger charge is -2.11. The van der Waals surface area contributed by atoms with Gasteiger partial charge in [0.1, 0.15) is 17.2 Å². The Morgan fingerprint density at radius 1 is 1.26 bits per heavy atom. The first-order valence-electron chi connectivity index (χ1n) is 7.55. The standard InChI is InChI=1S/C18H18FN3O/c1-4-14-17(22-10-13(19)8-9-16(22)20-14)18(23)21-15-7-5-6-11(2)12(15)3/h5-10H,4H2,1-3H3,(H,21,23). The van der Waals surface area contributed by atoms with Crippen LogP contribution in [0.3, 0.4) is 0 Å². The fourth-order valence-electron chi connectivity index (χ4n) is 2.62. The molecule has 3 rings (SSSR count). The molecule has 118 valence electrons. The summed E-state index contributed by atoms with van der Waals surface area (Å²) in [5, 5.41) is 2.92. The zero-order valence-electron chi connectivity index (χ0n) is 13.4. The maximum atomic E-state index is 13.6. The maximum absolute atomic E-state index is 13.6. The number of halogens is 1. The molecule has 2 heterocycles. The molecule has 0 saturated carbocycles. The van der Waals surface area contributed by atoms with Crippen molar-refractivity contribution in [2.75, 3.05) is 5.32 Å². The monoisotopic (exact) mass is 311 g/mol. The van der Waals surface area contributed by atoms with Gasteiger partial charge in [-0.1, -0.05) is 19.1 Å². The average Bonchev–Trinajstić information content (AvgIpc) is 2.89. The van der Waals surface area contributed by atoms with E-state index in [0.29, 0.717) is 23.5 Å². The fourth-order valence-corrected chi connectivity index (χ4v) is 2.62. The van der Waals surface area contributed by atoms with Gasteiger partial charge >= 0.3 is 0 Å². The summed E-state index contributed by atoms with van der Waals surface area (Å²) >= 11 is 0. The van der Waals surface area contributed by atoms with E-state index < -0.39 is 5.82 Å². The molecule has 0 atom stereocenters. The predicted octanol–water partition coefficient (Wildman–Crippen LogP) is 3.90. The summed E-state index contributed by atoms with van der Waals surface area (Å²) in [6.07, 6.45) is 1.89. The Morgan fingerprint density at radius 3 is 2.78 bits per heavy atom. The van der Waals surface area contributed by atoms with Gasteiger partial charge in [-0.2, -0.15) is 0 Å². The SMILES string of the molecule is CCc1nc2ccc(F)cn2c1C(=O)Nc1cccc(C)c1C. The average molecular weight is 311 g/mol. The van der Waals surface area contributed by atoms with Gasteiger partial charge in [-0.25, -0.2) is 9.37 Å². The van der Waals surface area contributed by atoms with Crippen LogP contribution in [-0.4, -0.2) is 15.3 Å². The normalized spacial score (nSPS) is 11.0. The highest BCUT2D eigenvalue weighted by Gasteiger charge is 2.19. The van der Waals surface area contributed by atoms with Gasteiger partial charge in [0.2, 0.25) is 0 Å². The van der Waals surface area contributed by atoms with E-state index in [1.54, 1.807) is 6.07 Å². The zero-order valence-corrected chi connectivity index (χ0v) is 13.4. The Bertz CT molecular complexity index is 899. The second-order valence-corrected chi connectivity index (χ2v) is 5.54. The minimum atomic E-state index is -0.404. The number of hydrogen-bond acceptors (Lipinski definition) is 2. The van der Waals surface area contributed by atoms with Crippen molar-refractivity contribution < 1.29 is 9.18 Å². The molecular weight excluding hydrogens is 293 g/mol. The molecule has 0 aliphatic heterocycles. The van der Waals surface area contributed by atoms with Gasteiger partial charge in [-0.3, -0.25) is 9.20 Å². The maximum Gasteiger partial charge on any atom is 0.274 e. The molecule has 2 aromatic heterocycles. The molecule has 0 saturated heterocycles. The topological polar surface area (TPSA) is 46.4 Å². The van der Waals surface area contributed by atoms with E-state index >= 15 is 0 Å². The molecule has 1 amide bonds. The van der Waals surface area contributed by atoms with Gasteiger partial charge in [0.15, 0.2) is 0 Å². The Balaban J connectivity index is 2.06. The lowest BCUT2D eigenvalue weighted by atomic mass is 10.1. The molecule has 0 radical (unpaired) electrons. The molecule has 0 spiro atoms. The van der Waals surface area contributed by atoms with Gasteiger partial charge in [-0.15, -0.1) is 0 Å². The van der Waals surface area contributed by atoms with Gasteiger partial charge < -0.3 is 5.32 Å². The summed E-state index contributed by atoms with van der Waals surface area (Å²) in [5.41, 5.74) is 4.46. The third-order valence-electron chi connectivity index (χ3n) is 4.06. The van der Waals surface area contributed by atoms with Crippen molar-refractivity contribution >= 4 is 17.2 Å². The predicted molar refractivity (Wildman–Crippen MR) is 88.4 cm³/mol. The summed E-state index contributed by atoms with van der Waals surface area (Å²) < 4.78 is 15.1. The number of aromatic nitrogens is 2. The molecule has 0 aliphatic rings. The van der Waals surface area contributed by atoms with Gasteiger partial charge in [-0.05, 0) is 49.6 Å². The Labute approximate surface area is 134 Å². The van der Waals surface area contributed by atoms with Crippen LogP contribution in [0.15, 0.2) is 36.5 Å². The molecule has 5 heteroatoms. The zero-order chi connectivity index (χ0) is 16.6. The van der Waals surface area contributed by atoms with Gasteiger partial charge in [0.05, 0.1) is 5.69 Å². The minimum Gasteiger partial charge on any atom is -0.320 e. The number of pyridine rings is 1. The molecule has 0 unspecified atom stereocenters. The van der Waals surface area contributed by atoms with Gasteiger partial charge in [0, 0.05) is 11.9 Å². The first-order chi connectivity index (χ1) is 11.0. The van der Waals surface area contributed by atoms with Crippen LogP contribution in [0.2, 0.25) is 0 Å². The third-order valence-corrected chi connectivity index (χ3v) is 4.06. The molecule has 3 aromatic rings. The number of rotatable bonds is 3. The van der Waals surface area contributed by atoms with Crippen LogP contribution in [0, 0.1) is 19.7 Å². The number of benzene rings is 1. The molecule has 0 bridgehead atoms. The highest BCUT2D eigenvalue weighted by Crippen LogP contribution is 2.21. The van der Waals surface area contributed by atoms with E-state index in [4.69, 9.17) is 0 Å². The number of nitrogens with zero attached hydrogens (tertiary/aromatic N) is 2. The van der Waals surface area contributed by atoms with Crippen molar-refractivity contribution in [2.45, 2.75) is 27.2 Å². The van der Waals surface area contributed by atoms with E-state index in [-0.39, 0.29) is 5.91 Å². The molecule has 4 nitrogen and oxygen atoms in total. The van der Waals surface area contributed by atoms with Crippen LogP contribution in [0.4, 0.5) is 10.1 Å². The number of hydrogen-bond donors (Lipinski definition) is 1. The van der Waals surface area contributed by atoms with Crippen molar-refractivity contribution in [1.29, 1.82) is 0 Å².